The number of H-pyrrole nitrogens is 1. The smallest absolute Gasteiger partial charge is 0.387 e. The topological polar surface area (TPSA) is 141 Å². The lowest BCUT2D eigenvalue weighted by molar-refractivity contribution is -0.0507. The molecule has 0 saturated heterocycles. The summed E-state index contributed by atoms with van der Waals surface area (Å²) in [6.07, 6.45) is 4.65. The van der Waals surface area contributed by atoms with Crippen molar-refractivity contribution in [2.24, 2.45) is 7.05 Å². The van der Waals surface area contributed by atoms with Crippen LogP contribution in [0.1, 0.15) is 16.2 Å². The van der Waals surface area contributed by atoms with Crippen molar-refractivity contribution in [2.45, 2.75) is 13.2 Å². The summed E-state index contributed by atoms with van der Waals surface area (Å²) in [6, 6.07) is 9.23. The fraction of sp³-hybridized carbons (Fsp3) is 0.136. The molecule has 0 unspecified atom stereocenters. The van der Waals surface area contributed by atoms with Gasteiger partial charge in [0, 0.05) is 37.3 Å². The minimum Gasteiger partial charge on any atom is -0.433 e. The van der Waals surface area contributed by atoms with Gasteiger partial charge in [0.05, 0.1) is 12.2 Å². The zero-order chi connectivity index (χ0) is 24.2. The predicted molar refractivity (Wildman–Crippen MR) is 119 cm³/mol. The minimum atomic E-state index is -3.04. The summed E-state index contributed by atoms with van der Waals surface area (Å²) in [5.74, 6) is -0.992. The average Bonchev–Trinajstić information content (AvgIpc) is 3.34. The normalized spacial score (nSPS) is 10.9. The number of aromatic amines is 1. The van der Waals surface area contributed by atoms with E-state index in [-0.39, 0.29) is 35.1 Å². The van der Waals surface area contributed by atoms with Gasteiger partial charge in [-0.2, -0.15) is 8.78 Å². The Morgan fingerprint density at radius 1 is 1.21 bits per heavy atom. The van der Waals surface area contributed by atoms with Gasteiger partial charge in [0.2, 0.25) is 5.56 Å². The van der Waals surface area contributed by atoms with Gasteiger partial charge in [-0.3, -0.25) is 14.6 Å². The molecule has 0 atom stereocenters. The number of aryl methyl sites for hydroxylation is 1. The van der Waals surface area contributed by atoms with Crippen molar-refractivity contribution in [1.82, 2.24) is 29.8 Å². The lowest BCUT2D eigenvalue weighted by Crippen LogP contribution is -2.26. The summed E-state index contributed by atoms with van der Waals surface area (Å²) in [7, 11) is 1.59. The Hall–Kier alpha value is -4.61. The molecule has 10 nitrogen and oxygen atoms in total. The first-order chi connectivity index (χ1) is 16.3. The Bertz CT molecular complexity index is 1390. The van der Waals surface area contributed by atoms with E-state index in [1.54, 1.807) is 37.6 Å². The molecular weight excluding hydrogens is 448 g/mol. The van der Waals surface area contributed by atoms with E-state index in [1.165, 1.54) is 29.0 Å². The van der Waals surface area contributed by atoms with Crippen LogP contribution >= 0.6 is 0 Å². The first-order valence-electron chi connectivity index (χ1n) is 9.98. The highest BCUT2D eigenvalue weighted by atomic mass is 19.3. The fourth-order valence-corrected chi connectivity index (χ4v) is 3.22. The summed E-state index contributed by atoms with van der Waals surface area (Å²) < 4.78 is 31.1. The number of alkyl halides is 2. The second-order valence-electron chi connectivity index (χ2n) is 7.11. The van der Waals surface area contributed by atoms with Crippen LogP contribution in [0.3, 0.4) is 0 Å². The number of rotatable bonds is 7. The summed E-state index contributed by atoms with van der Waals surface area (Å²) in [6.45, 7) is -3.25. The molecule has 0 bridgehead atoms. The summed E-state index contributed by atoms with van der Waals surface area (Å²) in [4.78, 5) is 40.6. The zero-order valence-corrected chi connectivity index (χ0v) is 17.8. The molecule has 4 aromatic rings. The van der Waals surface area contributed by atoms with Gasteiger partial charge in [0.15, 0.2) is 11.5 Å². The Morgan fingerprint density at radius 2 is 2.03 bits per heavy atom. The highest BCUT2D eigenvalue weighted by molar-refractivity contribution is 5.97. The molecule has 0 fully saturated rings. The molecule has 0 aromatic carbocycles. The van der Waals surface area contributed by atoms with Crippen molar-refractivity contribution < 1.29 is 18.3 Å². The maximum absolute atomic E-state index is 12.9. The number of nitrogens with two attached hydrogens (primary N) is 1. The second-order valence-corrected chi connectivity index (χ2v) is 7.11. The molecule has 4 aromatic heterocycles. The quantitative estimate of drug-likeness (QED) is 0.379. The van der Waals surface area contributed by atoms with E-state index in [2.05, 4.69) is 30.0 Å². The lowest BCUT2D eigenvalue weighted by atomic mass is 10.1. The minimum absolute atomic E-state index is 0.101. The van der Waals surface area contributed by atoms with Crippen LogP contribution in [0.15, 0.2) is 59.8 Å². The number of carbonyl (C=O) groups is 1. The standard InChI is InChI=1S/C22H19F2N7O3/c1-31-11-12(6-7-16(31)32)17-18(13-4-2-8-26-13)30-20(25)19(29-17)21(33)28-10-14-15(34-22(23)24)5-3-9-27-14/h2-9,11,22,26H,10H2,1H3,(H2,25,30)(H,28,33). The molecular formula is C22H19F2N7O3. The summed E-state index contributed by atoms with van der Waals surface area (Å²) in [5.41, 5.74) is 7.60. The van der Waals surface area contributed by atoms with Crippen LogP contribution in [0, 0.1) is 0 Å². The molecule has 0 aliphatic heterocycles. The van der Waals surface area contributed by atoms with Crippen LogP contribution in [0.5, 0.6) is 5.75 Å². The number of hydrogen-bond acceptors (Lipinski definition) is 7. The maximum atomic E-state index is 12.9. The predicted octanol–water partition coefficient (Wildman–Crippen LogP) is 2.35. The first-order valence-corrected chi connectivity index (χ1v) is 9.98. The maximum Gasteiger partial charge on any atom is 0.387 e. The van der Waals surface area contributed by atoms with Crippen LogP contribution < -0.4 is 21.3 Å². The Kier molecular flexibility index (Phi) is 6.30. The van der Waals surface area contributed by atoms with Crippen LogP contribution in [0.2, 0.25) is 0 Å². The van der Waals surface area contributed by atoms with Gasteiger partial charge in [0.1, 0.15) is 22.8 Å². The Labute approximate surface area is 191 Å². The molecule has 34 heavy (non-hydrogen) atoms. The van der Waals surface area contributed by atoms with Gasteiger partial charge in [-0.15, -0.1) is 0 Å². The average molecular weight is 467 g/mol. The van der Waals surface area contributed by atoms with E-state index in [0.29, 0.717) is 22.6 Å². The number of nitrogens with zero attached hydrogens (tertiary/aromatic N) is 4. The van der Waals surface area contributed by atoms with Crippen LogP contribution in [-0.4, -0.2) is 37.0 Å². The van der Waals surface area contributed by atoms with Gasteiger partial charge in [-0.05, 0) is 30.3 Å². The molecule has 4 rings (SSSR count). The van der Waals surface area contributed by atoms with Gasteiger partial charge >= 0.3 is 6.61 Å². The van der Waals surface area contributed by atoms with Gasteiger partial charge in [-0.1, -0.05) is 0 Å². The summed E-state index contributed by atoms with van der Waals surface area (Å²) >= 11 is 0. The number of carbonyl (C=O) groups excluding carboxylic acids is 1. The van der Waals surface area contributed by atoms with E-state index >= 15 is 0 Å². The first kappa shape index (κ1) is 22.6. The van der Waals surface area contributed by atoms with Crippen molar-refractivity contribution in [1.29, 1.82) is 0 Å². The number of aromatic nitrogens is 5. The number of nitrogens with one attached hydrogen (secondary N) is 2. The molecule has 0 aliphatic rings. The van der Waals surface area contributed by atoms with Crippen molar-refractivity contribution in [2.75, 3.05) is 5.73 Å². The number of halogens is 2. The van der Waals surface area contributed by atoms with E-state index < -0.39 is 12.5 Å². The second kappa shape index (κ2) is 9.48. The number of amides is 1. The third-order valence-electron chi connectivity index (χ3n) is 4.83. The number of ether oxygens (including phenoxy) is 1. The largest absolute Gasteiger partial charge is 0.433 e. The molecule has 174 valence electrons. The van der Waals surface area contributed by atoms with E-state index in [9.17, 15) is 18.4 Å². The zero-order valence-electron chi connectivity index (χ0n) is 17.8. The van der Waals surface area contributed by atoms with Crippen molar-refractivity contribution in [3.05, 3.63) is 76.7 Å². The molecule has 12 heteroatoms. The lowest BCUT2D eigenvalue weighted by Gasteiger charge is -2.13. The molecule has 4 N–H and O–H groups in total. The summed E-state index contributed by atoms with van der Waals surface area (Å²) in [5, 5.41) is 2.55. The molecule has 4 heterocycles. The number of hydrogen-bond donors (Lipinski definition) is 3. The fourth-order valence-electron chi connectivity index (χ4n) is 3.22. The van der Waals surface area contributed by atoms with Crippen molar-refractivity contribution >= 4 is 11.7 Å². The third-order valence-corrected chi connectivity index (χ3v) is 4.83. The van der Waals surface area contributed by atoms with Crippen LogP contribution in [0.25, 0.3) is 22.6 Å². The van der Waals surface area contributed by atoms with E-state index in [0.717, 1.165) is 0 Å². The highest BCUT2D eigenvalue weighted by Crippen LogP contribution is 2.29. The third kappa shape index (κ3) is 4.75. The van der Waals surface area contributed by atoms with Gasteiger partial charge in [0.25, 0.3) is 5.91 Å². The Balaban J connectivity index is 1.69. The molecule has 0 aliphatic carbocycles. The number of pyridine rings is 2. The SMILES string of the molecule is Cn1cc(-c2nc(C(=O)NCc3ncccc3OC(F)F)c(N)nc2-c2ccc[nH]2)ccc1=O. The van der Waals surface area contributed by atoms with Crippen molar-refractivity contribution in [3.63, 3.8) is 0 Å². The molecule has 1 amide bonds. The molecule has 0 saturated carbocycles. The number of anilines is 1. The van der Waals surface area contributed by atoms with Crippen LogP contribution in [-0.2, 0) is 13.6 Å². The monoisotopic (exact) mass is 467 g/mol. The Morgan fingerprint density at radius 3 is 2.74 bits per heavy atom. The molecule has 0 radical (unpaired) electrons. The number of nitrogen functional groups attached to an aromatic ring is 1. The van der Waals surface area contributed by atoms with Crippen LogP contribution in [0.4, 0.5) is 14.6 Å². The van der Waals surface area contributed by atoms with Gasteiger partial charge in [-0.25, -0.2) is 9.97 Å². The highest BCUT2D eigenvalue weighted by Gasteiger charge is 2.21. The molecule has 0 spiro atoms. The van der Waals surface area contributed by atoms with E-state index in [4.69, 9.17) is 5.73 Å². The van der Waals surface area contributed by atoms with Gasteiger partial charge < -0.3 is 25.3 Å². The van der Waals surface area contributed by atoms with E-state index in [1.807, 2.05) is 0 Å². The van der Waals surface area contributed by atoms with Crippen molar-refractivity contribution in [3.8, 4) is 28.4 Å².